The fourth-order valence-electron chi connectivity index (χ4n) is 2.27. The van der Waals surface area contributed by atoms with E-state index in [1.807, 2.05) is 0 Å². The molecule has 3 nitrogen and oxygen atoms in total. The summed E-state index contributed by atoms with van der Waals surface area (Å²) in [5.74, 6) is -0.320. The number of carboxylic acids is 1. The van der Waals surface area contributed by atoms with Gasteiger partial charge in [-0.1, -0.05) is 0 Å². The molecule has 2 N–H and O–H groups in total. The van der Waals surface area contributed by atoms with Gasteiger partial charge in [-0.15, -0.1) is 0 Å². The zero-order valence-electron chi connectivity index (χ0n) is 5.58. The molecule has 1 unspecified atom stereocenters. The zero-order chi connectivity index (χ0) is 7.35. The van der Waals surface area contributed by atoms with Crippen LogP contribution in [-0.4, -0.2) is 22.3 Å². The molecule has 3 aliphatic carbocycles. The summed E-state index contributed by atoms with van der Waals surface area (Å²) in [5.41, 5.74) is -0.731. The van der Waals surface area contributed by atoms with E-state index in [1.54, 1.807) is 0 Å². The second-order valence-corrected chi connectivity index (χ2v) is 3.49. The first-order valence-corrected chi connectivity index (χ1v) is 3.56. The largest absolute Gasteiger partial charge is 0.481 e. The topological polar surface area (TPSA) is 57.5 Å². The van der Waals surface area contributed by atoms with Crippen LogP contribution in [0.25, 0.3) is 0 Å². The van der Waals surface area contributed by atoms with Gasteiger partial charge in [0.2, 0.25) is 0 Å². The Bertz CT molecular complexity index is 181. The van der Waals surface area contributed by atoms with Crippen molar-refractivity contribution in [1.29, 1.82) is 0 Å². The lowest BCUT2D eigenvalue weighted by molar-refractivity contribution is -0.159. The lowest BCUT2D eigenvalue weighted by Gasteiger charge is -2.35. The minimum atomic E-state index is -0.811. The van der Waals surface area contributed by atoms with E-state index in [9.17, 15) is 9.90 Å². The molecule has 3 heteroatoms. The highest BCUT2D eigenvalue weighted by molar-refractivity contribution is 5.77. The summed E-state index contributed by atoms with van der Waals surface area (Å²) in [7, 11) is 0. The predicted molar refractivity (Wildman–Crippen MR) is 33.4 cm³/mol. The third-order valence-electron chi connectivity index (χ3n) is 2.93. The summed E-state index contributed by atoms with van der Waals surface area (Å²) < 4.78 is 0. The maximum atomic E-state index is 10.6. The molecule has 0 amide bonds. The fraction of sp³-hybridized carbons (Fsp3) is 0.857. The number of hydrogen-bond acceptors (Lipinski definition) is 2. The Hall–Kier alpha value is -0.570. The van der Waals surface area contributed by atoms with Crippen molar-refractivity contribution in [3.8, 4) is 0 Å². The van der Waals surface area contributed by atoms with Crippen LogP contribution in [0.1, 0.15) is 19.3 Å². The van der Waals surface area contributed by atoms with Crippen molar-refractivity contribution in [2.45, 2.75) is 25.4 Å². The van der Waals surface area contributed by atoms with E-state index in [0.717, 1.165) is 0 Å². The Balaban J connectivity index is 2.25. The van der Waals surface area contributed by atoms with E-state index >= 15 is 0 Å². The number of carbonyl (C=O) groups is 1. The molecule has 3 saturated carbocycles. The molecule has 10 heavy (non-hydrogen) atoms. The number of aliphatic carboxylic acids is 1. The Labute approximate surface area is 58.7 Å². The van der Waals surface area contributed by atoms with Crippen molar-refractivity contribution >= 4 is 5.97 Å². The molecule has 0 aromatic carbocycles. The molecule has 0 spiro atoms. The van der Waals surface area contributed by atoms with Gasteiger partial charge in [-0.05, 0) is 25.2 Å². The van der Waals surface area contributed by atoms with Crippen molar-refractivity contribution < 1.29 is 15.0 Å². The standard InChI is InChI=1S/C7H10O3/c8-5-1-4-2-7(5,3-4)6(9)10/h4-5,8H,1-3H2,(H,9,10). The molecule has 3 aliphatic rings. The smallest absolute Gasteiger partial charge is 0.312 e. The zero-order valence-corrected chi connectivity index (χ0v) is 5.58. The molecule has 3 fully saturated rings. The highest BCUT2D eigenvalue weighted by atomic mass is 16.4. The Morgan fingerprint density at radius 3 is 2.30 bits per heavy atom. The summed E-state index contributed by atoms with van der Waals surface area (Å²) in [5, 5.41) is 18.0. The number of rotatable bonds is 1. The lowest BCUT2D eigenvalue weighted by Crippen LogP contribution is -2.42. The van der Waals surface area contributed by atoms with Gasteiger partial charge in [0.25, 0.3) is 0 Å². The first kappa shape index (κ1) is 6.16. The predicted octanol–water partition coefficient (Wildman–Crippen LogP) is 0.232. The van der Waals surface area contributed by atoms with Crippen LogP contribution in [0.4, 0.5) is 0 Å². The van der Waals surface area contributed by atoms with Gasteiger partial charge in [0, 0.05) is 0 Å². The summed E-state index contributed by atoms with van der Waals surface area (Å²) in [6, 6.07) is 0. The first-order chi connectivity index (χ1) is 4.65. The van der Waals surface area contributed by atoms with Crippen molar-refractivity contribution in [2.24, 2.45) is 11.3 Å². The summed E-state index contributed by atoms with van der Waals surface area (Å²) in [4.78, 5) is 10.6. The van der Waals surface area contributed by atoms with Gasteiger partial charge in [0.15, 0.2) is 0 Å². The van der Waals surface area contributed by atoms with Gasteiger partial charge in [-0.3, -0.25) is 4.79 Å². The SMILES string of the molecule is O=C(O)C12CC(CC1O)C2. The molecule has 0 radical (unpaired) electrons. The van der Waals surface area contributed by atoms with Gasteiger partial charge in [0.1, 0.15) is 0 Å². The van der Waals surface area contributed by atoms with Crippen molar-refractivity contribution in [3.63, 3.8) is 0 Å². The van der Waals surface area contributed by atoms with E-state index in [-0.39, 0.29) is 0 Å². The number of carboxylic acid groups (broad SMARTS) is 1. The van der Waals surface area contributed by atoms with Gasteiger partial charge >= 0.3 is 5.97 Å². The van der Waals surface area contributed by atoms with Gasteiger partial charge in [0.05, 0.1) is 11.5 Å². The molecular formula is C7H10O3. The minimum absolute atomic E-state index is 0.492. The van der Waals surface area contributed by atoms with Crippen LogP contribution in [0.2, 0.25) is 0 Å². The summed E-state index contributed by atoms with van der Waals surface area (Å²) >= 11 is 0. The lowest BCUT2D eigenvalue weighted by atomic mass is 9.69. The van der Waals surface area contributed by atoms with Crippen LogP contribution >= 0.6 is 0 Å². The number of hydrogen-bond donors (Lipinski definition) is 2. The molecule has 0 aromatic rings. The van der Waals surface area contributed by atoms with E-state index in [4.69, 9.17) is 5.11 Å². The third-order valence-corrected chi connectivity index (χ3v) is 2.93. The van der Waals surface area contributed by atoms with Gasteiger partial charge < -0.3 is 10.2 Å². The average molecular weight is 142 g/mol. The van der Waals surface area contributed by atoms with Crippen LogP contribution in [0.15, 0.2) is 0 Å². The second-order valence-electron chi connectivity index (χ2n) is 3.49. The van der Waals surface area contributed by atoms with E-state index in [2.05, 4.69) is 0 Å². The minimum Gasteiger partial charge on any atom is -0.481 e. The van der Waals surface area contributed by atoms with Crippen LogP contribution < -0.4 is 0 Å². The maximum Gasteiger partial charge on any atom is 0.312 e. The molecule has 56 valence electrons. The summed E-state index contributed by atoms with van der Waals surface area (Å²) in [6.07, 6.45) is 1.52. The normalized spacial score (nSPS) is 50.5. The van der Waals surface area contributed by atoms with Gasteiger partial charge in [-0.2, -0.15) is 0 Å². The van der Waals surface area contributed by atoms with Crippen molar-refractivity contribution in [2.75, 3.05) is 0 Å². The van der Waals surface area contributed by atoms with Crippen LogP contribution in [0.5, 0.6) is 0 Å². The Kier molecular flexibility index (Phi) is 0.944. The van der Waals surface area contributed by atoms with E-state index < -0.39 is 17.5 Å². The molecule has 0 aromatic heterocycles. The molecule has 3 rings (SSSR count). The van der Waals surface area contributed by atoms with Crippen LogP contribution in [0.3, 0.4) is 0 Å². The van der Waals surface area contributed by atoms with Gasteiger partial charge in [-0.25, -0.2) is 0 Å². The molecule has 0 heterocycles. The maximum absolute atomic E-state index is 10.6. The van der Waals surface area contributed by atoms with Crippen molar-refractivity contribution in [3.05, 3.63) is 0 Å². The molecule has 2 bridgehead atoms. The first-order valence-electron chi connectivity index (χ1n) is 3.56. The highest BCUT2D eigenvalue weighted by Crippen LogP contribution is 2.58. The second kappa shape index (κ2) is 1.53. The fourth-order valence-corrected chi connectivity index (χ4v) is 2.27. The molecule has 0 aliphatic heterocycles. The van der Waals surface area contributed by atoms with Crippen LogP contribution in [-0.2, 0) is 4.79 Å². The third kappa shape index (κ3) is 0.475. The van der Waals surface area contributed by atoms with Crippen LogP contribution in [0, 0.1) is 11.3 Å². The number of aliphatic hydroxyl groups is 1. The number of fused-ring (bicyclic) bond motifs is 1. The molecular weight excluding hydrogens is 132 g/mol. The summed E-state index contributed by atoms with van der Waals surface area (Å²) in [6.45, 7) is 0. The Morgan fingerprint density at radius 1 is 1.50 bits per heavy atom. The molecule has 1 atom stereocenters. The Morgan fingerprint density at radius 2 is 2.10 bits per heavy atom. The monoisotopic (exact) mass is 142 g/mol. The quantitative estimate of drug-likeness (QED) is 0.551. The van der Waals surface area contributed by atoms with E-state index in [1.165, 1.54) is 0 Å². The van der Waals surface area contributed by atoms with E-state index in [0.29, 0.717) is 25.2 Å². The number of aliphatic hydroxyl groups excluding tert-OH is 1. The molecule has 0 saturated heterocycles. The highest BCUT2D eigenvalue weighted by Gasteiger charge is 2.61. The average Bonchev–Trinajstić information content (AvgIpc) is 2.15. The van der Waals surface area contributed by atoms with Crippen molar-refractivity contribution in [1.82, 2.24) is 0 Å².